The normalized spacial score (nSPS) is 12.3. The monoisotopic (exact) mass is 458 g/mol. The van der Waals surface area contributed by atoms with Gasteiger partial charge in [-0.05, 0) is 29.7 Å². The highest BCUT2D eigenvalue weighted by Crippen LogP contribution is 2.10. The van der Waals surface area contributed by atoms with E-state index in [4.69, 9.17) is 4.74 Å². The summed E-state index contributed by atoms with van der Waals surface area (Å²) in [6.07, 6.45) is 1.01. The van der Waals surface area contributed by atoms with Crippen molar-refractivity contribution in [2.24, 2.45) is 5.92 Å². The third-order valence-corrected chi connectivity index (χ3v) is 5.39. The predicted molar refractivity (Wildman–Crippen MR) is 131 cm³/mol. The van der Waals surface area contributed by atoms with Crippen molar-refractivity contribution < 1.29 is 19.1 Å². The van der Waals surface area contributed by atoms with Gasteiger partial charge in [0.15, 0.2) is 0 Å². The van der Waals surface area contributed by atoms with E-state index in [9.17, 15) is 14.4 Å². The third-order valence-electron chi connectivity index (χ3n) is 5.39. The van der Waals surface area contributed by atoms with Gasteiger partial charge in [-0.2, -0.15) is 0 Å². The van der Waals surface area contributed by atoms with E-state index in [0.717, 1.165) is 11.1 Å². The predicted octanol–water partition coefficient (Wildman–Crippen LogP) is 3.57. The van der Waals surface area contributed by atoms with Crippen molar-refractivity contribution in [2.75, 3.05) is 13.2 Å². The molecule has 3 aromatic rings. The summed E-state index contributed by atoms with van der Waals surface area (Å²) < 4.78 is 5.23. The van der Waals surface area contributed by atoms with E-state index in [-0.39, 0.29) is 30.3 Å². The summed E-state index contributed by atoms with van der Waals surface area (Å²) in [6, 6.07) is 27.5. The second-order valence-electron chi connectivity index (χ2n) is 8.19. The molecule has 2 atom stereocenters. The summed E-state index contributed by atoms with van der Waals surface area (Å²) in [4.78, 5) is 37.3. The fraction of sp³-hybridized carbons (Fsp3) is 0.250. The van der Waals surface area contributed by atoms with Crippen molar-refractivity contribution in [1.29, 1.82) is 0 Å². The molecule has 0 saturated carbocycles. The summed E-state index contributed by atoms with van der Waals surface area (Å²) in [5, 5.41) is 5.83. The Morgan fingerprint density at radius 3 is 1.85 bits per heavy atom. The van der Waals surface area contributed by atoms with Crippen LogP contribution in [0.5, 0.6) is 0 Å². The van der Waals surface area contributed by atoms with Crippen LogP contribution < -0.4 is 10.6 Å². The largest absolute Gasteiger partial charge is 0.465 e. The second kappa shape index (κ2) is 12.9. The molecule has 0 aliphatic heterocycles. The SMILES string of the molecule is CC(=O)OC[C@@H](CNC(=O)[C@@H](Cc1ccccc1)NC(=O)c1ccccc1)Cc1ccccc1. The van der Waals surface area contributed by atoms with Crippen molar-refractivity contribution >= 4 is 17.8 Å². The van der Waals surface area contributed by atoms with Crippen molar-refractivity contribution in [3.05, 3.63) is 108 Å². The Labute approximate surface area is 200 Å². The molecule has 6 heteroatoms. The molecule has 0 heterocycles. The Morgan fingerprint density at radius 2 is 1.29 bits per heavy atom. The lowest BCUT2D eigenvalue weighted by atomic mass is 9.99. The molecular weight excluding hydrogens is 428 g/mol. The van der Waals surface area contributed by atoms with Crippen LogP contribution >= 0.6 is 0 Å². The van der Waals surface area contributed by atoms with E-state index in [1.165, 1.54) is 6.92 Å². The molecule has 6 nitrogen and oxygen atoms in total. The topological polar surface area (TPSA) is 84.5 Å². The Kier molecular flexibility index (Phi) is 9.40. The second-order valence-corrected chi connectivity index (χ2v) is 8.19. The average Bonchev–Trinajstić information content (AvgIpc) is 2.86. The van der Waals surface area contributed by atoms with E-state index in [0.29, 0.717) is 24.9 Å². The van der Waals surface area contributed by atoms with Gasteiger partial charge in [0.25, 0.3) is 5.91 Å². The lowest BCUT2D eigenvalue weighted by Crippen LogP contribution is -2.49. The number of ether oxygens (including phenoxy) is 1. The quantitative estimate of drug-likeness (QED) is 0.430. The maximum Gasteiger partial charge on any atom is 0.302 e. The smallest absolute Gasteiger partial charge is 0.302 e. The molecule has 0 bridgehead atoms. The number of carbonyl (C=O) groups is 3. The first-order valence-corrected chi connectivity index (χ1v) is 11.4. The van der Waals surface area contributed by atoms with Gasteiger partial charge in [0, 0.05) is 31.4 Å². The van der Waals surface area contributed by atoms with E-state index in [1.807, 2.05) is 66.7 Å². The summed E-state index contributed by atoms with van der Waals surface area (Å²) >= 11 is 0. The Balaban J connectivity index is 1.68. The van der Waals surface area contributed by atoms with Gasteiger partial charge < -0.3 is 15.4 Å². The maximum atomic E-state index is 13.2. The lowest BCUT2D eigenvalue weighted by Gasteiger charge is -2.22. The van der Waals surface area contributed by atoms with Gasteiger partial charge in [-0.15, -0.1) is 0 Å². The first kappa shape index (κ1) is 24.7. The first-order chi connectivity index (χ1) is 16.5. The molecule has 3 rings (SSSR count). The molecule has 2 N–H and O–H groups in total. The minimum absolute atomic E-state index is 0.0996. The zero-order chi connectivity index (χ0) is 24.2. The van der Waals surface area contributed by atoms with Crippen LogP contribution in [0, 0.1) is 5.92 Å². The zero-order valence-corrected chi connectivity index (χ0v) is 19.3. The number of hydrogen-bond acceptors (Lipinski definition) is 4. The van der Waals surface area contributed by atoms with Crippen molar-refractivity contribution in [3.8, 4) is 0 Å². The van der Waals surface area contributed by atoms with Crippen LogP contribution in [0.3, 0.4) is 0 Å². The van der Waals surface area contributed by atoms with E-state index >= 15 is 0 Å². The fourth-order valence-corrected chi connectivity index (χ4v) is 3.63. The standard InChI is InChI=1S/C28H30N2O4/c1-21(31)34-20-24(17-22-11-5-2-6-12-22)19-29-28(33)26(18-23-13-7-3-8-14-23)30-27(32)25-15-9-4-10-16-25/h2-16,24,26H,17-20H2,1H3,(H,29,33)(H,30,32)/t24-,26-/m1/s1. The van der Waals surface area contributed by atoms with Gasteiger partial charge >= 0.3 is 5.97 Å². The molecular formula is C28H30N2O4. The molecule has 34 heavy (non-hydrogen) atoms. The maximum absolute atomic E-state index is 13.2. The van der Waals surface area contributed by atoms with Crippen LogP contribution in [-0.4, -0.2) is 37.0 Å². The number of nitrogens with one attached hydrogen (secondary N) is 2. The fourth-order valence-electron chi connectivity index (χ4n) is 3.63. The van der Waals surface area contributed by atoms with Crippen LogP contribution in [0.2, 0.25) is 0 Å². The van der Waals surface area contributed by atoms with Gasteiger partial charge in [0.05, 0.1) is 6.61 Å². The number of hydrogen-bond donors (Lipinski definition) is 2. The number of rotatable bonds is 11. The minimum atomic E-state index is -0.749. The van der Waals surface area contributed by atoms with Crippen molar-refractivity contribution in [3.63, 3.8) is 0 Å². The van der Waals surface area contributed by atoms with Crippen LogP contribution in [0.15, 0.2) is 91.0 Å². The highest BCUT2D eigenvalue weighted by Gasteiger charge is 2.23. The summed E-state index contributed by atoms with van der Waals surface area (Å²) in [5.74, 6) is -1.05. The highest BCUT2D eigenvalue weighted by molar-refractivity contribution is 5.97. The molecule has 0 spiro atoms. The van der Waals surface area contributed by atoms with Crippen LogP contribution in [0.4, 0.5) is 0 Å². The summed E-state index contributed by atoms with van der Waals surface area (Å²) in [5.41, 5.74) is 2.52. The molecule has 3 aromatic carbocycles. The average molecular weight is 459 g/mol. The van der Waals surface area contributed by atoms with Crippen LogP contribution in [0.1, 0.15) is 28.4 Å². The van der Waals surface area contributed by atoms with Gasteiger partial charge in [0.2, 0.25) is 5.91 Å². The molecule has 0 aliphatic rings. The lowest BCUT2D eigenvalue weighted by molar-refractivity contribution is -0.142. The molecule has 0 saturated heterocycles. The van der Waals surface area contributed by atoms with E-state index in [2.05, 4.69) is 10.6 Å². The first-order valence-electron chi connectivity index (χ1n) is 11.4. The molecule has 0 unspecified atom stereocenters. The number of benzene rings is 3. The molecule has 176 valence electrons. The highest BCUT2D eigenvalue weighted by atomic mass is 16.5. The number of amides is 2. The van der Waals surface area contributed by atoms with E-state index in [1.54, 1.807) is 24.3 Å². The summed E-state index contributed by atoms with van der Waals surface area (Å²) in [7, 11) is 0. The van der Waals surface area contributed by atoms with Gasteiger partial charge in [-0.3, -0.25) is 14.4 Å². The van der Waals surface area contributed by atoms with Crippen LogP contribution in [-0.2, 0) is 27.2 Å². The van der Waals surface area contributed by atoms with Crippen LogP contribution in [0.25, 0.3) is 0 Å². The Hall–Kier alpha value is -3.93. The van der Waals surface area contributed by atoms with Crippen molar-refractivity contribution in [1.82, 2.24) is 10.6 Å². The molecule has 0 fully saturated rings. The number of carbonyl (C=O) groups excluding carboxylic acids is 3. The molecule has 0 radical (unpaired) electrons. The van der Waals surface area contributed by atoms with E-state index < -0.39 is 6.04 Å². The Bertz CT molecular complexity index is 1060. The molecule has 2 amide bonds. The van der Waals surface area contributed by atoms with Gasteiger partial charge in [-0.1, -0.05) is 78.9 Å². The minimum Gasteiger partial charge on any atom is -0.465 e. The molecule has 0 aliphatic carbocycles. The van der Waals surface area contributed by atoms with Gasteiger partial charge in [-0.25, -0.2) is 0 Å². The number of esters is 1. The zero-order valence-electron chi connectivity index (χ0n) is 19.3. The van der Waals surface area contributed by atoms with Gasteiger partial charge in [0.1, 0.15) is 6.04 Å². The van der Waals surface area contributed by atoms with Crippen molar-refractivity contribution in [2.45, 2.75) is 25.8 Å². The summed E-state index contributed by atoms with van der Waals surface area (Å²) in [6.45, 7) is 1.88. The Morgan fingerprint density at radius 1 is 0.765 bits per heavy atom. The third kappa shape index (κ3) is 8.20. The molecule has 0 aromatic heterocycles.